The Bertz CT molecular complexity index is 908. The van der Waals surface area contributed by atoms with E-state index in [-0.39, 0.29) is 11.8 Å². The van der Waals surface area contributed by atoms with Crippen molar-refractivity contribution in [1.29, 1.82) is 0 Å². The van der Waals surface area contributed by atoms with E-state index in [2.05, 4.69) is 15.0 Å². The molecule has 0 bridgehead atoms. The summed E-state index contributed by atoms with van der Waals surface area (Å²) < 4.78 is 1.85. The second kappa shape index (κ2) is 6.25. The molecule has 1 fully saturated rings. The lowest BCUT2D eigenvalue weighted by Crippen LogP contribution is -2.30. The lowest BCUT2D eigenvalue weighted by atomic mass is 10.0. The van der Waals surface area contributed by atoms with E-state index in [0.717, 1.165) is 11.4 Å². The Morgan fingerprint density at radius 3 is 3.04 bits per heavy atom. The Morgan fingerprint density at radius 2 is 2.24 bits per heavy atom. The molecule has 128 valence electrons. The largest absolute Gasteiger partial charge is 0.391 e. The summed E-state index contributed by atoms with van der Waals surface area (Å²) in [6.45, 7) is 2.72. The zero-order valence-electron chi connectivity index (χ0n) is 13.9. The normalized spacial score (nSPS) is 20.3. The van der Waals surface area contributed by atoms with Crippen LogP contribution in [0, 0.1) is 12.8 Å². The highest BCUT2D eigenvalue weighted by Crippen LogP contribution is 2.23. The summed E-state index contributed by atoms with van der Waals surface area (Å²) in [4.78, 5) is 27.4. The van der Waals surface area contributed by atoms with Gasteiger partial charge in [-0.3, -0.25) is 14.8 Å². The fourth-order valence-electron chi connectivity index (χ4n) is 3.40. The molecule has 0 aromatic carbocycles. The number of pyridine rings is 1. The van der Waals surface area contributed by atoms with Crippen LogP contribution in [0.15, 0.2) is 43.1 Å². The fraction of sp³-hybridized carbons (Fsp3) is 0.333. The SMILES string of the molecule is Cc1cn2cccc(C(=O)N3C[C@@H](Cc4cnccn4)[C@H](O)C3)c2n1. The number of amides is 1. The van der Waals surface area contributed by atoms with Crippen LogP contribution in [-0.2, 0) is 6.42 Å². The lowest BCUT2D eigenvalue weighted by Gasteiger charge is -2.16. The number of aromatic nitrogens is 4. The van der Waals surface area contributed by atoms with Crippen LogP contribution < -0.4 is 0 Å². The van der Waals surface area contributed by atoms with Crippen LogP contribution in [0.4, 0.5) is 0 Å². The van der Waals surface area contributed by atoms with Crippen molar-refractivity contribution >= 4 is 11.6 Å². The van der Waals surface area contributed by atoms with Crippen LogP contribution >= 0.6 is 0 Å². The molecule has 0 aliphatic carbocycles. The van der Waals surface area contributed by atoms with Crippen molar-refractivity contribution in [2.75, 3.05) is 13.1 Å². The van der Waals surface area contributed by atoms with Gasteiger partial charge < -0.3 is 14.4 Å². The maximum absolute atomic E-state index is 12.9. The number of carbonyl (C=O) groups excluding carboxylic acids is 1. The first-order valence-electron chi connectivity index (χ1n) is 8.28. The molecule has 1 saturated heterocycles. The van der Waals surface area contributed by atoms with Gasteiger partial charge in [0.15, 0.2) is 0 Å². The summed E-state index contributed by atoms with van der Waals surface area (Å²) in [5.74, 6) is -0.140. The van der Waals surface area contributed by atoms with Gasteiger partial charge in [-0.2, -0.15) is 0 Å². The van der Waals surface area contributed by atoms with E-state index < -0.39 is 6.10 Å². The van der Waals surface area contributed by atoms with Crippen LogP contribution in [0.2, 0.25) is 0 Å². The zero-order chi connectivity index (χ0) is 17.4. The number of aliphatic hydroxyl groups excluding tert-OH is 1. The van der Waals surface area contributed by atoms with Gasteiger partial charge in [0.2, 0.25) is 0 Å². The molecule has 7 nitrogen and oxygen atoms in total. The van der Waals surface area contributed by atoms with E-state index in [1.807, 2.05) is 29.8 Å². The Balaban J connectivity index is 1.55. The fourth-order valence-corrected chi connectivity index (χ4v) is 3.40. The Morgan fingerprint density at radius 1 is 1.36 bits per heavy atom. The van der Waals surface area contributed by atoms with Crippen molar-refractivity contribution in [2.24, 2.45) is 5.92 Å². The van der Waals surface area contributed by atoms with Gasteiger partial charge in [-0.25, -0.2) is 4.98 Å². The van der Waals surface area contributed by atoms with E-state index in [0.29, 0.717) is 30.7 Å². The van der Waals surface area contributed by atoms with E-state index in [4.69, 9.17) is 0 Å². The second-order valence-electron chi connectivity index (χ2n) is 6.47. The van der Waals surface area contributed by atoms with Gasteiger partial charge >= 0.3 is 0 Å². The van der Waals surface area contributed by atoms with E-state index in [9.17, 15) is 9.90 Å². The average Bonchev–Trinajstić information content (AvgIpc) is 3.17. The minimum absolute atomic E-state index is 0.0399. The number of carbonyl (C=O) groups is 1. The smallest absolute Gasteiger partial charge is 0.257 e. The highest BCUT2D eigenvalue weighted by Gasteiger charge is 2.35. The third-order valence-corrected chi connectivity index (χ3v) is 4.62. The molecule has 4 heterocycles. The summed E-state index contributed by atoms with van der Waals surface area (Å²) >= 11 is 0. The third-order valence-electron chi connectivity index (χ3n) is 4.62. The summed E-state index contributed by atoms with van der Waals surface area (Å²) in [6.07, 6.45) is 8.77. The molecule has 1 amide bonds. The third kappa shape index (κ3) is 2.98. The van der Waals surface area contributed by atoms with Crippen LogP contribution in [0.5, 0.6) is 0 Å². The molecule has 0 saturated carbocycles. The maximum atomic E-state index is 12.9. The Labute approximate surface area is 145 Å². The monoisotopic (exact) mass is 337 g/mol. The lowest BCUT2D eigenvalue weighted by molar-refractivity contribution is 0.0766. The Kier molecular flexibility index (Phi) is 3.93. The molecule has 7 heteroatoms. The topological polar surface area (TPSA) is 83.6 Å². The summed E-state index contributed by atoms with van der Waals surface area (Å²) in [5, 5.41) is 10.4. The van der Waals surface area contributed by atoms with Gasteiger partial charge in [-0.1, -0.05) is 0 Å². The molecular weight excluding hydrogens is 318 g/mol. The zero-order valence-corrected chi connectivity index (χ0v) is 13.9. The van der Waals surface area contributed by atoms with Crippen molar-refractivity contribution < 1.29 is 9.90 Å². The predicted molar refractivity (Wildman–Crippen MR) is 91.1 cm³/mol. The molecule has 4 rings (SSSR count). The number of hydrogen-bond donors (Lipinski definition) is 1. The van der Waals surface area contributed by atoms with E-state index >= 15 is 0 Å². The van der Waals surface area contributed by atoms with Gasteiger partial charge in [0.1, 0.15) is 5.65 Å². The van der Waals surface area contributed by atoms with Crippen LogP contribution in [0.3, 0.4) is 0 Å². The van der Waals surface area contributed by atoms with Gasteiger partial charge in [0.25, 0.3) is 5.91 Å². The van der Waals surface area contributed by atoms with Crippen molar-refractivity contribution in [2.45, 2.75) is 19.4 Å². The van der Waals surface area contributed by atoms with Crippen molar-refractivity contribution in [1.82, 2.24) is 24.3 Å². The van der Waals surface area contributed by atoms with Gasteiger partial charge in [0, 0.05) is 50.0 Å². The molecule has 3 aromatic rings. The highest BCUT2D eigenvalue weighted by atomic mass is 16.3. The predicted octanol–water partition coefficient (Wildman–Crippen LogP) is 1.11. The molecule has 1 N–H and O–H groups in total. The number of hydrogen-bond acceptors (Lipinski definition) is 5. The van der Waals surface area contributed by atoms with Crippen molar-refractivity contribution in [3.8, 4) is 0 Å². The number of imidazole rings is 1. The average molecular weight is 337 g/mol. The molecule has 1 aliphatic heterocycles. The van der Waals surface area contributed by atoms with Gasteiger partial charge in [0.05, 0.1) is 23.1 Å². The van der Waals surface area contributed by atoms with E-state index in [1.54, 1.807) is 29.6 Å². The van der Waals surface area contributed by atoms with Crippen LogP contribution in [0.1, 0.15) is 21.7 Å². The first-order valence-corrected chi connectivity index (χ1v) is 8.28. The number of nitrogens with zero attached hydrogens (tertiary/aromatic N) is 5. The van der Waals surface area contributed by atoms with Gasteiger partial charge in [-0.15, -0.1) is 0 Å². The highest BCUT2D eigenvalue weighted by molar-refractivity contribution is 6.00. The van der Waals surface area contributed by atoms with Crippen LogP contribution in [0.25, 0.3) is 5.65 Å². The molecule has 0 radical (unpaired) electrons. The number of aliphatic hydroxyl groups is 1. The maximum Gasteiger partial charge on any atom is 0.257 e. The van der Waals surface area contributed by atoms with Crippen molar-refractivity contribution in [3.05, 3.63) is 60.1 Å². The number of fused-ring (bicyclic) bond motifs is 1. The van der Waals surface area contributed by atoms with Crippen LogP contribution in [-0.4, -0.2) is 54.5 Å². The molecular formula is C18H19N5O2. The summed E-state index contributed by atoms with van der Waals surface area (Å²) in [7, 11) is 0. The molecule has 3 aromatic heterocycles. The minimum Gasteiger partial charge on any atom is -0.391 e. The molecule has 0 spiro atoms. The number of rotatable bonds is 3. The first-order chi connectivity index (χ1) is 12.1. The summed E-state index contributed by atoms with van der Waals surface area (Å²) in [5.41, 5.74) is 2.90. The Hall–Kier alpha value is -2.80. The second-order valence-corrected chi connectivity index (χ2v) is 6.47. The number of aryl methyl sites for hydroxylation is 1. The first kappa shape index (κ1) is 15.7. The standard InChI is InChI=1S/C18H19N5O2/c1-12-9-22-6-2-3-15(17(22)21-12)18(25)23-10-13(16(24)11-23)7-14-8-19-4-5-20-14/h2-6,8-9,13,16,24H,7,10-11H2,1H3/t13-,16-/m1/s1. The van der Waals surface area contributed by atoms with Gasteiger partial charge in [-0.05, 0) is 25.5 Å². The molecule has 25 heavy (non-hydrogen) atoms. The van der Waals surface area contributed by atoms with E-state index in [1.165, 1.54) is 0 Å². The van der Waals surface area contributed by atoms with Crippen molar-refractivity contribution in [3.63, 3.8) is 0 Å². The number of likely N-dealkylation sites (tertiary alicyclic amines) is 1. The quantitative estimate of drug-likeness (QED) is 0.774. The molecule has 1 aliphatic rings. The minimum atomic E-state index is -0.563. The molecule has 0 unspecified atom stereocenters. The summed E-state index contributed by atoms with van der Waals surface area (Å²) in [6, 6.07) is 3.62. The number of β-amino-alcohol motifs (C(OH)–C–C–N with tert-alkyl or cyclic N) is 1. The molecule has 2 atom stereocenters.